The minimum Gasteiger partial charge on any atom is -0.352 e. The average Bonchev–Trinajstić information content (AvgIpc) is 2.24. The normalized spacial score (nSPS) is 12.6. The molecule has 0 aromatic heterocycles. The lowest BCUT2D eigenvalue weighted by molar-refractivity contribution is -0.124. The third-order valence-electron chi connectivity index (χ3n) is 2.18. The Morgan fingerprint density at radius 1 is 1.17 bits per heavy atom. The van der Waals surface area contributed by atoms with E-state index < -0.39 is 12.1 Å². The van der Waals surface area contributed by atoms with Crippen LogP contribution in [0.25, 0.3) is 0 Å². The van der Waals surface area contributed by atoms with E-state index in [0.717, 1.165) is 0 Å². The summed E-state index contributed by atoms with van der Waals surface area (Å²) in [6, 6.07) is 7.47. The van der Waals surface area contributed by atoms with Crippen LogP contribution >= 0.6 is 0 Å². The molecule has 0 radical (unpaired) electrons. The number of hydrogen-bond donors (Lipinski definition) is 3. The highest BCUT2D eigenvalue weighted by molar-refractivity contribution is 5.88. The molecule has 0 fully saturated rings. The van der Waals surface area contributed by atoms with Crippen LogP contribution in [0.15, 0.2) is 30.3 Å². The number of hydrogen-bond acceptors (Lipinski definition) is 2. The van der Waals surface area contributed by atoms with Gasteiger partial charge in [-0.15, -0.1) is 0 Å². The molecule has 0 aliphatic heterocycles. The first kappa shape index (κ1) is 14.0. The quantitative estimate of drug-likeness (QED) is 0.754. The van der Waals surface area contributed by atoms with Crippen molar-refractivity contribution in [3.63, 3.8) is 0 Å². The highest BCUT2D eigenvalue weighted by Gasteiger charge is 2.25. The first-order valence-electron chi connectivity index (χ1n) is 5.72. The SMILES string of the molecule is CC(C)(C)NC(=O)C(NC(N)=O)c1ccccc1. The Morgan fingerprint density at radius 2 is 1.72 bits per heavy atom. The number of urea groups is 1. The number of nitrogens with two attached hydrogens (primary N) is 1. The van der Waals surface area contributed by atoms with Crippen LogP contribution in [0.4, 0.5) is 4.79 Å². The minimum absolute atomic E-state index is 0.285. The summed E-state index contributed by atoms with van der Waals surface area (Å²) in [6.07, 6.45) is 0. The molecule has 4 N–H and O–H groups in total. The topological polar surface area (TPSA) is 84.2 Å². The van der Waals surface area contributed by atoms with Crippen LogP contribution in [0.3, 0.4) is 0 Å². The Morgan fingerprint density at radius 3 is 2.17 bits per heavy atom. The maximum absolute atomic E-state index is 12.1. The van der Waals surface area contributed by atoms with Gasteiger partial charge in [0.15, 0.2) is 0 Å². The fraction of sp³-hybridized carbons (Fsp3) is 0.385. The van der Waals surface area contributed by atoms with Crippen LogP contribution in [-0.4, -0.2) is 17.5 Å². The van der Waals surface area contributed by atoms with Gasteiger partial charge in [-0.05, 0) is 26.3 Å². The molecule has 1 atom stereocenters. The zero-order valence-corrected chi connectivity index (χ0v) is 10.9. The first-order chi connectivity index (χ1) is 8.29. The van der Waals surface area contributed by atoms with Gasteiger partial charge in [0.25, 0.3) is 0 Å². The summed E-state index contributed by atoms with van der Waals surface area (Å²) < 4.78 is 0. The lowest BCUT2D eigenvalue weighted by Gasteiger charge is -2.25. The Hall–Kier alpha value is -2.04. The molecule has 5 nitrogen and oxygen atoms in total. The third kappa shape index (κ3) is 4.45. The highest BCUT2D eigenvalue weighted by Crippen LogP contribution is 2.14. The summed E-state index contributed by atoms with van der Waals surface area (Å²) in [7, 11) is 0. The predicted molar refractivity (Wildman–Crippen MR) is 69.8 cm³/mol. The largest absolute Gasteiger partial charge is 0.352 e. The second-order valence-electron chi connectivity index (χ2n) is 5.09. The summed E-state index contributed by atoms with van der Waals surface area (Å²) in [5.74, 6) is -0.285. The first-order valence-corrected chi connectivity index (χ1v) is 5.72. The standard InChI is InChI=1S/C13H19N3O2/c1-13(2,3)16-11(17)10(15-12(14)18)9-7-5-4-6-8-9/h4-8,10H,1-3H3,(H,16,17)(H3,14,15,18). The van der Waals surface area contributed by atoms with Gasteiger partial charge in [-0.1, -0.05) is 30.3 Å². The van der Waals surface area contributed by atoms with Gasteiger partial charge in [0.05, 0.1) is 0 Å². The van der Waals surface area contributed by atoms with E-state index in [2.05, 4.69) is 10.6 Å². The summed E-state index contributed by atoms with van der Waals surface area (Å²) >= 11 is 0. The predicted octanol–water partition coefficient (Wildman–Crippen LogP) is 1.31. The molecule has 1 aromatic rings. The molecule has 0 bridgehead atoms. The van der Waals surface area contributed by atoms with Crippen LogP contribution in [0.1, 0.15) is 32.4 Å². The molecule has 0 heterocycles. The van der Waals surface area contributed by atoms with Crippen LogP contribution < -0.4 is 16.4 Å². The van der Waals surface area contributed by atoms with Crippen molar-refractivity contribution in [1.29, 1.82) is 0 Å². The van der Waals surface area contributed by atoms with E-state index in [1.807, 2.05) is 26.8 Å². The number of primary amides is 1. The monoisotopic (exact) mass is 249 g/mol. The molecule has 3 amide bonds. The van der Waals surface area contributed by atoms with Crippen molar-refractivity contribution in [1.82, 2.24) is 10.6 Å². The number of benzene rings is 1. The van der Waals surface area contributed by atoms with Crippen LogP contribution in [0.2, 0.25) is 0 Å². The number of amides is 3. The van der Waals surface area contributed by atoms with Gasteiger partial charge in [0.2, 0.25) is 5.91 Å². The molecule has 0 saturated heterocycles. The zero-order chi connectivity index (χ0) is 13.8. The van der Waals surface area contributed by atoms with Gasteiger partial charge in [0.1, 0.15) is 6.04 Å². The van der Waals surface area contributed by atoms with E-state index in [4.69, 9.17) is 5.73 Å². The Labute approximate surface area is 107 Å². The van der Waals surface area contributed by atoms with Crippen LogP contribution in [-0.2, 0) is 4.79 Å². The number of nitrogens with one attached hydrogen (secondary N) is 2. The number of carbonyl (C=O) groups is 2. The molecule has 18 heavy (non-hydrogen) atoms. The molecule has 0 aliphatic carbocycles. The smallest absolute Gasteiger partial charge is 0.313 e. The Bertz CT molecular complexity index is 424. The maximum Gasteiger partial charge on any atom is 0.313 e. The van der Waals surface area contributed by atoms with Gasteiger partial charge in [-0.2, -0.15) is 0 Å². The Balaban J connectivity index is 2.92. The number of rotatable bonds is 3. The molecular formula is C13H19N3O2. The third-order valence-corrected chi connectivity index (χ3v) is 2.18. The van der Waals surface area contributed by atoms with E-state index in [1.165, 1.54) is 0 Å². The fourth-order valence-corrected chi connectivity index (χ4v) is 1.53. The maximum atomic E-state index is 12.1. The fourth-order valence-electron chi connectivity index (χ4n) is 1.53. The molecule has 1 aromatic carbocycles. The van der Waals surface area contributed by atoms with Crippen molar-refractivity contribution in [2.45, 2.75) is 32.4 Å². The molecule has 0 aliphatic rings. The lowest BCUT2D eigenvalue weighted by Crippen LogP contribution is -2.48. The van der Waals surface area contributed by atoms with Crippen LogP contribution in [0.5, 0.6) is 0 Å². The summed E-state index contributed by atoms with van der Waals surface area (Å²) in [5.41, 5.74) is 5.42. The number of carbonyl (C=O) groups excluding carboxylic acids is 2. The van der Waals surface area contributed by atoms with E-state index in [1.54, 1.807) is 24.3 Å². The van der Waals surface area contributed by atoms with Crippen LogP contribution in [0, 0.1) is 0 Å². The second kappa shape index (κ2) is 5.53. The van der Waals surface area contributed by atoms with E-state index in [-0.39, 0.29) is 11.4 Å². The van der Waals surface area contributed by atoms with Gasteiger partial charge >= 0.3 is 6.03 Å². The van der Waals surface area contributed by atoms with Gasteiger partial charge < -0.3 is 16.4 Å². The van der Waals surface area contributed by atoms with Crippen molar-refractivity contribution in [2.75, 3.05) is 0 Å². The van der Waals surface area contributed by atoms with Crippen molar-refractivity contribution >= 4 is 11.9 Å². The molecule has 98 valence electrons. The minimum atomic E-state index is -0.775. The molecule has 0 saturated carbocycles. The molecule has 1 unspecified atom stereocenters. The summed E-state index contributed by atoms with van der Waals surface area (Å²) in [4.78, 5) is 23.1. The average molecular weight is 249 g/mol. The lowest BCUT2D eigenvalue weighted by atomic mass is 10.0. The second-order valence-corrected chi connectivity index (χ2v) is 5.09. The van der Waals surface area contributed by atoms with Gasteiger partial charge in [-0.25, -0.2) is 4.79 Å². The molecule has 5 heteroatoms. The highest BCUT2D eigenvalue weighted by atomic mass is 16.2. The van der Waals surface area contributed by atoms with E-state index >= 15 is 0 Å². The van der Waals surface area contributed by atoms with Crippen molar-refractivity contribution < 1.29 is 9.59 Å². The van der Waals surface area contributed by atoms with Gasteiger partial charge in [0, 0.05) is 5.54 Å². The molecule has 0 spiro atoms. The Kier molecular flexibility index (Phi) is 4.31. The van der Waals surface area contributed by atoms with E-state index in [0.29, 0.717) is 5.56 Å². The summed E-state index contributed by atoms with van der Waals surface area (Å²) in [5, 5.41) is 5.26. The molecular weight excluding hydrogens is 230 g/mol. The van der Waals surface area contributed by atoms with Crippen molar-refractivity contribution in [3.8, 4) is 0 Å². The molecule has 1 rings (SSSR count). The van der Waals surface area contributed by atoms with Crippen molar-refractivity contribution in [2.24, 2.45) is 5.73 Å². The van der Waals surface area contributed by atoms with E-state index in [9.17, 15) is 9.59 Å². The van der Waals surface area contributed by atoms with Gasteiger partial charge in [-0.3, -0.25) is 4.79 Å². The zero-order valence-electron chi connectivity index (χ0n) is 10.9. The van der Waals surface area contributed by atoms with Crippen molar-refractivity contribution in [3.05, 3.63) is 35.9 Å². The summed E-state index contributed by atoms with van der Waals surface area (Å²) in [6.45, 7) is 5.62.